The number of nitrogens with one attached hydrogen (secondary N) is 1. The maximum absolute atomic E-state index is 12.5. The monoisotopic (exact) mass is 373 g/mol. The van der Waals surface area contributed by atoms with Crippen LogP contribution in [0.4, 0.5) is 10.5 Å². The number of hydrogen-bond acceptors (Lipinski definition) is 5. The van der Waals surface area contributed by atoms with Gasteiger partial charge in [0.25, 0.3) is 0 Å². The Hall–Kier alpha value is -2.25. The molecule has 1 aromatic heterocycles. The fraction of sp³-hybridized carbons (Fsp3) is 0.421. The minimum atomic E-state index is -0.0789. The molecule has 1 aromatic carbocycles. The van der Waals surface area contributed by atoms with E-state index < -0.39 is 0 Å². The van der Waals surface area contributed by atoms with E-state index in [2.05, 4.69) is 21.7 Å². The third-order valence-corrected chi connectivity index (χ3v) is 6.13. The van der Waals surface area contributed by atoms with Crippen molar-refractivity contribution in [3.8, 4) is 11.5 Å². The zero-order chi connectivity index (χ0) is 18.1. The lowest BCUT2D eigenvalue weighted by Gasteiger charge is -2.46. The molecule has 0 unspecified atom stereocenters. The standard InChI is InChI=1S/C19H23N3O3S/c1-24-16-7-14(8-17(9-16)25-2)20-19(23)22-11-15(12-22)21-5-3-18-13(10-21)4-6-26-18/h4,6-9,15H,3,5,10-12H2,1-2H3,(H,20,23). The van der Waals surface area contributed by atoms with E-state index in [1.54, 1.807) is 32.4 Å². The molecule has 1 N–H and O–H groups in total. The van der Waals surface area contributed by atoms with Crippen molar-refractivity contribution in [1.82, 2.24) is 9.80 Å². The molecule has 1 fully saturated rings. The molecule has 2 amide bonds. The number of carbonyl (C=O) groups excluding carboxylic acids is 1. The summed E-state index contributed by atoms with van der Waals surface area (Å²) in [5.74, 6) is 1.31. The largest absolute Gasteiger partial charge is 0.497 e. The summed E-state index contributed by atoms with van der Waals surface area (Å²) in [7, 11) is 3.19. The van der Waals surface area contributed by atoms with Crippen molar-refractivity contribution in [2.45, 2.75) is 19.0 Å². The van der Waals surface area contributed by atoms with Crippen LogP contribution in [0.5, 0.6) is 11.5 Å². The van der Waals surface area contributed by atoms with Crippen LogP contribution in [0.15, 0.2) is 29.6 Å². The zero-order valence-electron chi connectivity index (χ0n) is 15.0. The highest BCUT2D eigenvalue weighted by Gasteiger charge is 2.36. The lowest BCUT2D eigenvalue weighted by molar-refractivity contribution is 0.0533. The topological polar surface area (TPSA) is 54.0 Å². The second kappa shape index (κ2) is 7.17. The molecule has 138 valence electrons. The number of ether oxygens (including phenoxy) is 2. The van der Waals surface area contributed by atoms with Gasteiger partial charge in [-0.1, -0.05) is 0 Å². The predicted octanol–water partition coefficient (Wildman–Crippen LogP) is 3.04. The highest BCUT2D eigenvalue weighted by Crippen LogP contribution is 2.29. The maximum atomic E-state index is 12.5. The van der Waals surface area contributed by atoms with Gasteiger partial charge in [-0.3, -0.25) is 4.90 Å². The van der Waals surface area contributed by atoms with E-state index in [1.165, 1.54) is 10.4 Å². The van der Waals surface area contributed by atoms with Gasteiger partial charge >= 0.3 is 6.03 Å². The maximum Gasteiger partial charge on any atom is 0.321 e. The first-order chi connectivity index (χ1) is 12.7. The van der Waals surface area contributed by atoms with Gasteiger partial charge in [0.1, 0.15) is 11.5 Å². The Bertz CT molecular complexity index is 779. The van der Waals surface area contributed by atoms with Crippen LogP contribution in [-0.2, 0) is 13.0 Å². The molecule has 0 atom stereocenters. The Morgan fingerprint density at radius 1 is 1.19 bits per heavy atom. The SMILES string of the molecule is COc1cc(NC(=O)N2CC(N3CCc4sccc4C3)C2)cc(OC)c1. The fourth-order valence-electron chi connectivity index (χ4n) is 3.52. The van der Waals surface area contributed by atoms with Crippen molar-refractivity contribution < 1.29 is 14.3 Å². The van der Waals surface area contributed by atoms with Crippen molar-refractivity contribution in [3.05, 3.63) is 40.1 Å². The molecule has 0 spiro atoms. The molecule has 0 radical (unpaired) electrons. The highest BCUT2D eigenvalue weighted by atomic mass is 32.1. The Kier molecular flexibility index (Phi) is 4.74. The van der Waals surface area contributed by atoms with E-state index in [0.29, 0.717) is 23.2 Å². The van der Waals surface area contributed by atoms with Gasteiger partial charge in [-0.2, -0.15) is 0 Å². The average Bonchev–Trinajstić information content (AvgIpc) is 3.07. The van der Waals surface area contributed by atoms with Crippen LogP contribution in [0.2, 0.25) is 0 Å². The lowest BCUT2D eigenvalue weighted by Crippen LogP contribution is -2.62. The molecule has 6 nitrogen and oxygen atoms in total. The lowest BCUT2D eigenvalue weighted by atomic mass is 10.0. The van der Waals surface area contributed by atoms with Gasteiger partial charge in [0.15, 0.2) is 0 Å². The predicted molar refractivity (Wildman–Crippen MR) is 102 cm³/mol. The Morgan fingerprint density at radius 3 is 2.62 bits per heavy atom. The molecular formula is C19H23N3O3S. The summed E-state index contributed by atoms with van der Waals surface area (Å²) in [6, 6.07) is 7.97. The van der Waals surface area contributed by atoms with Gasteiger partial charge in [-0.25, -0.2) is 4.79 Å². The number of rotatable bonds is 4. The molecule has 2 aliphatic heterocycles. The first kappa shape index (κ1) is 17.2. The van der Waals surface area contributed by atoms with Crippen LogP contribution in [0.3, 0.4) is 0 Å². The normalized spacial score (nSPS) is 17.4. The van der Waals surface area contributed by atoms with E-state index in [0.717, 1.165) is 32.6 Å². The first-order valence-electron chi connectivity index (χ1n) is 8.74. The van der Waals surface area contributed by atoms with Crippen LogP contribution in [0.1, 0.15) is 10.4 Å². The highest BCUT2D eigenvalue weighted by molar-refractivity contribution is 7.10. The summed E-state index contributed by atoms with van der Waals surface area (Å²) < 4.78 is 10.5. The number of carbonyl (C=O) groups is 1. The number of amides is 2. The van der Waals surface area contributed by atoms with Crippen LogP contribution in [0, 0.1) is 0 Å². The molecule has 1 saturated heterocycles. The van der Waals surface area contributed by atoms with Crippen molar-refractivity contribution in [3.63, 3.8) is 0 Å². The van der Waals surface area contributed by atoms with Crippen LogP contribution in [-0.4, -0.2) is 55.7 Å². The van der Waals surface area contributed by atoms with E-state index in [4.69, 9.17) is 9.47 Å². The number of fused-ring (bicyclic) bond motifs is 1. The molecule has 2 aliphatic rings. The molecule has 3 heterocycles. The quantitative estimate of drug-likeness (QED) is 0.895. The summed E-state index contributed by atoms with van der Waals surface area (Å²) in [5.41, 5.74) is 2.13. The van der Waals surface area contributed by atoms with Gasteiger partial charge in [-0.05, 0) is 23.4 Å². The van der Waals surface area contributed by atoms with Crippen molar-refractivity contribution >= 4 is 23.1 Å². The second-order valence-electron chi connectivity index (χ2n) is 6.68. The minimum absolute atomic E-state index is 0.0789. The van der Waals surface area contributed by atoms with Crippen LogP contribution in [0.25, 0.3) is 0 Å². The summed E-state index contributed by atoms with van der Waals surface area (Å²) in [4.78, 5) is 18.4. The second-order valence-corrected chi connectivity index (χ2v) is 7.68. The Balaban J connectivity index is 1.32. The number of benzene rings is 1. The van der Waals surface area contributed by atoms with Gasteiger partial charge in [0.2, 0.25) is 0 Å². The van der Waals surface area contributed by atoms with E-state index in [9.17, 15) is 4.79 Å². The summed E-state index contributed by atoms with van der Waals surface area (Å²) >= 11 is 1.86. The number of anilines is 1. The number of methoxy groups -OCH3 is 2. The molecule has 0 aliphatic carbocycles. The Morgan fingerprint density at radius 2 is 1.92 bits per heavy atom. The minimum Gasteiger partial charge on any atom is -0.497 e. The van der Waals surface area contributed by atoms with Crippen molar-refractivity contribution in [2.24, 2.45) is 0 Å². The first-order valence-corrected chi connectivity index (χ1v) is 9.62. The smallest absolute Gasteiger partial charge is 0.321 e. The van der Waals surface area contributed by atoms with Gasteiger partial charge in [0, 0.05) is 61.0 Å². The van der Waals surface area contributed by atoms with Gasteiger partial charge < -0.3 is 19.7 Å². The molecule has 4 rings (SSSR count). The summed E-state index contributed by atoms with van der Waals surface area (Å²) in [6.07, 6.45) is 1.12. The average molecular weight is 373 g/mol. The molecule has 26 heavy (non-hydrogen) atoms. The molecular weight excluding hydrogens is 350 g/mol. The number of thiophene rings is 1. The van der Waals surface area contributed by atoms with Crippen molar-refractivity contribution in [1.29, 1.82) is 0 Å². The molecule has 7 heteroatoms. The van der Waals surface area contributed by atoms with Crippen LogP contribution < -0.4 is 14.8 Å². The van der Waals surface area contributed by atoms with E-state index in [1.807, 2.05) is 16.2 Å². The molecule has 0 saturated carbocycles. The fourth-order valence-corrected chi connectivity index (χ4v) is 4.41. The molecule has 0 bridgehead atoms. The number of nitrogens with zero attached hydrogens (tertiary/aromatic N) is 2. The third kappa shape index (κ3) is 3.37. The van der Waals surface area contributed by atoms with Crippen molar-refractivity contribution in [2.75, 3.05) is 39.2 Å². The number of hydrogen-bond donors (Lipinski definition) is 1. The van der Waals surface area contributed by atoms with Crippen LogP contribution >= 0.6 is 11.3 Å². The third-order valence-electron chi connectivity index (χ3n) is 5.11. The van der Waals surface area contributed by atoms with E-state index in [-0.39, 0.29) is 6.03 Å². The summed E-state index contributed by atoms with van der Waals surface area (Å²) in [5, 5.41) is 5.12. The number of urea groups is 1. The van der Waals surface area contributed by atoms with Gasteiger partial charge in [-0.15, -0.1) is 11.3 Å². The van der Waals surface area contributed by atoms with E-state index >= 15 is 0 Å². The summed E-state index contributed by atoms with van der Waals surface area (Å²) in [6.45, 7) is 3.63. The van der Waals surface area contributed by atoms with Gasteiger partial charge in [0.05, 0.1) is 14.2 Å². The molecule has 2 aromatic rings. The zero-order valence-corrected chi connectivity index (χ0v) is 15.8. The Labute approximate surface area is 157 Å². The number of likely N-dealkylation sites (tertiary alicyclic amines) is 1.